The third kappa shape index (κ3) is 2.79. The average molecular weight is 209 g/mol. The predicted octanol–water partition coefficient (Wildman–Crippen LogP) is 0.595. The third-order valence-corrected chi connectivity index (χ3v) is 2.48. The number of carbonyl (C=O) groups is 1. The minimum Gasteiger partial charge on any atom is -0.368 e. The molecule has 0 aromatic carbocycles. The van der Waals surface area contributed by atoms with Crippen LogP contribution in [-0.4, -0.2) is 28.6 Å². The van der Waals surface area contributed by atoms with Gasteiger partial charge in [-0.2, -0.15) is 0 Å². The maximum absolute atomic E-state index is 11.6. The van der Waals surface area contributed by atoms with Crippen molar-refractivity contribution in [3.8, 4) is 0 Å². The first kappa shape index (κ1) is 10.2. The van der Waals surface area contributed by atoms with Crippen LogP contribution >= 0.6 is 0 Å². The Balaban J connectivity index is 1.76. The fourth-order valence-electron chi connectivity index (χ4n) is 1.63. The summed E-state index contributed by atoms with van der Waals surface area (Å²) in [6.45, 7) is 1.18. The number of H-pyrrole nitrogens is 1. The molecule has 5 heteroatoms. The van der Waals surface area contributed by atoms with Crippen LogP contribution in [0.4, 0.5) is 0 Å². The lowest BCUT2D eigenvalue weighted by atomic mass is 10.1. The molecule has 2 N–H and O–H groups in total. The first-order valence-electron chi connectivity index (χ1n) is 5.23. The first-order chi connectivity index (χ1) is 7.36. The van der Waals surface area contributed by atoms with Crippen LogP contribution < -0.4 is 5.32 Å². The summed E-state index contributed by atoms with van der Waals surface area (Å²) < 4.78 is 5.37. The minimum absolute atomic E-state index is 0.0238. The molecular formula is C10H15N3O2. The van der Waals surface area contributed by atoms with Gasteiger partial charge in [-0.05, 0) is 19.3 Å². The van der Waals surface area contributed by atoms with E-state index in [4.69, 9.17) is 4.74 Å². The lowest BCUT2D eigenvalue weighted by molar-refractivity contribution is -0.135. The molecule has 0 radical (unpaired) electrons. The molecule has 5 nitrogen and oxygen atoms in total. The zero-order valence-corrected chi connectivity index (χ0v) is 8.53. The van der Waals surface area contributed by atoms with Crippen LogP contribution in [-0.2, 0) is 16.1 Å². The van der Waals surface area contributed by atoms with Gasteiger partial charge in [-0.15, -0.1) is 0 Å². The molecule has 0 saturated carbocycles. The Hall–Kier alpha value is -1.36. The molecule has 1 aliphatic heterocycles. The van der Waals surface area contributed by atoms with E-state index in [1.165, 1.54) is 0 Å². The molecule has 2 heterocycles. The van der Waals surface area contributed by atoms with Gasteiger partial charge in [-0.3, -0.25) is 4.79 Å². The largest absolute Gasteiger partial charge is 0.368 e. The molecular weight excluding hydrogens is 194 g/mol. The van der Waals surface area contributed by atoms with Crippen molar-refractivity contribution in [3.63, 3.8) is 0 Å². The summed E-state index contributed by atoms with van der Waals surface area (Å²) in [5.41, 5.74) is 0.902. The van der Waals surface area contributed by atoms with E-state index in [-0.39, 0.29) is 12.0 Å². The summed E-state index contributed by atoms with van der Waals surface area (Å²) >= 11 is 0. The zero-order chi connectivity index (χ0) is 10.5. The summed E-state index contributed by atoms with van der Waals surface area (Å²) in [6, 6.07) is 0. The standard InChI is InChI=1S/C10H15N3O2/c14-10(9-3-1-2-4-15-9)12-6-8-5-11-7-13-8/h5,7,9H,1-4,6H2,(H,11,13)(H,12,14). The van der Waals surface area contributed by atoms with Gasteiger partial charge in [0, 0.05) is 12.8 Å². The topological polar surface area (TPSA) is 67.0 Å². The van der Waals surface area contributed by atoms with Crippen molar-refractivity contribution < 1.29 is 9.53 Å². The normalized spacial score (nSPS) is 21.2. The van der Waals surface area contributed by atoms with Crippen LogP contribution in [0.25, 0.3) is 0 Å². The second-order valence-electron chi connectivity index (χ2n) is 3.65. The fourth-order valence-corrected chi connectivity index (χ4v) is 1.63. The third-order valence-electron chi connectivity index (χ3n) is 2.48. The Morgan fingerprint density at radius 2 is 2.60 bits per heavy atom. The van der Waals surface area contributed by atoms with Crippen molar-refractivity contribution >= 4 is 5.91 Å². The zero-order valence-electron chi connectivity index (χ0n) is 8.53. The van der Waals surface area contributed by atoms with E-state index in [9.17, 15) is 4.79 Å². The van der Waals surface area contributed by atoms with Crippen LogP contribution in [0, 0.1) is 0 Å². The highest BCUT2D eigenvalue weighted by molar-refractivity contribution is 5.80. The maximum atomic E-state index is 11.6. The number of hydrogen-bond donors (Lipinski definition) is 2. The quantitative estimate of drug-likeness (QED) is 0.765. The molecule has 1 amide bonds. The van der Waals surface area contributed by atoms with Crippen LogP contribution in [0.1, 0.15) is 25.0 Å². The van der Waals surface area contributed by atoms with Crippen molar-refractivity contribution in [2.75, 3.05) is 6.61 Å². The van der Waals surface area contributed by atoms with Gasteiger partial charge in [0.25, 0.3) is 0 Å². The molecule has 0 aliphatic carbocycles. The molecule has 1 aromatic rings. The van der Waals surface area contributed by atoms with Crippen LogP contribution in [0.15, 0.2) is 12.5 Å². The van der Waals surface area contributed by atoms with E-state index in [0.29, 0.717) is 13.2 Å². The molecule has 1 aromatic heterocycles. The number of nitrogens with one attached hydrogen (secondary N) is 2. The number of amides is 1. The number of rotatable bonds is 3. The van der Waals surface area contributed by atoms with E-state index >= 15 is 0 Å². The van der Waals surface area contributed by atoms with E-state index in [2.05, 4.69) is 15.3 Å². The average Bonchev–Trinajstić information content (AvgIpc) is 2.80. The van der Waals surface area contributed by atoms with Gasteiger partial charge < -0.3 is 15.0 Å². The molecule has 82 valence electrons. The van der Waals surface area contributed by atoms with Crippen molar-refractivity contribution in [1.82, 2.24) is 15.3 Å². The molecule has 1 saturated heterocycles. The Labute approximate surface area is 88.2 Å². The van der Waals surface area contributed by atoms with E-state index in [0.717, 1.165) is 25.0 Å². The lowest BCUT2D eigenvalue weighted by Gasteiger charge is -2.21. The molecule has 1 unspecified atom stereocenters. The number of aromatic amines is 1. The molecule has 1 atom stereocenters. The minimum atomic E-state index is -0.262. The molecule has 15 heavy (non-hydrogen) atoms. The van der Waals surface area contributed by atoms with Gasteiger partial charge in [-0.1, -0.05) is 0 Å². The van der Waals surface area contributed by atoms with Gasteiger partial charge in [0.15, 0.2) is 0 Å². The monoisotopic (exact) mass is 209 g/mol. The Morgan fingerprint density at radius 3 is 3.27 bits per heavy atom. The second kappa shape index (κ2) is 4.93. The maximum Gasteiger partial charge on any atom is 0.249 e. The van der Waals surface area contributed by atoms with Gasteiger partial charge in [0.1, 0.15) is 6.10 Å². The summed E-state index contributed by atoms with van der Waals surface area (Å²) in [6.07, 6.45) is 5.99. The molecule has 1 aliphatic rings. The number of hydrogen-bond acceptors (Lipinski definition) is 3. The van der Waals surface area contributed by atoms with E-state index in [1.807, 2.05) is 0 Å². The van der Waals surface area contributed by atoms with Gasteiger partial charge in [-0.25, -0.2) is 4.98 Å². The number of imidazole rings is 1. The van der Waals surface area contributed by atoms with E-state index in [1.54, 1.807) is 12.5 Å². The lowest BCUT2D eigenvalue weighted by Crippen LogP contribution is -2.38. The van der Waals surface area contributed by atoms with Gasteiger partial charge in [0.05, 0.1) is 18.6 Å². The summed E-state index contributed by atoms with van der Waals surface area (Å²) in [7, 11) is 0. The molecule has 0 bridgehead atoms. The fraction of sp³-hybridized carbons (Fsp3) is 0.600. The summed E-state index contributed by atoms with van der Waals surface area (Å²) in [5.74, 6) is -0.0238. The second-order valence-corrected chi connectivity index (χ2v) is 3.65. The van der Waals surface area contributed by atoms with Gasteiger partial charge in [0.2, 0.25) is 5.91 Å². The molecule has 0 spiro atoms. The Kier molecular flexibility index (Phi) is 3.34. The Morgan fingerprint density at radius 1 is 1.67 bits per heavy atom. The number of carbonyl (C=O) groups excluding carboxylic acids is 1. The molecule has 2 rings (SSSR count). The van der Waals surface area contributed by atoms with Crippen LogP contribution in [0.3, 0.4) is 0 Å². The predicted molar refractivity (Wildman–Crippen MR) is 54.0 cm³/mol. The van der Waals surface area contributed by atoms with Crippen molar-refractivity contribution in [2.24, 2.45) is 0 Å². The highest BCUT2D eigenvalue weighted by Gasteiger charge is 2.21. The SMILES string of the molecule is O=C(NCc1cnc[nH]1)C1CCCCO1. The highest BCUT2D eigenvalue weighted by atomic mass is 16.5. The van der Waals surface area contributed by atoms with E-state index < -0.39 is 0 Å². The summed E-state index contributed by atoms with van der Waals surface area (Å²) in [4.78, 5) is 18.4. The highest BCUT2D eigenvalue weighted by Crippen LogP contribution is 2.12. The molecule has 1 fully saturated rings. The first-order valence-corrected chi connectivity index (χ1v) is 5.23. The number of nitrogens with zero attached hydrogens (tertiary/aromatic N) is 1. The van der Waals surface area contributed by atoms with Crippen LogP contribution in [0.5, 0.6) is 0 Å². The smallest absolute Gasteiger partial charge is 0.249 e. The number of aromatic nitrogens is 2. The van der Waals surface area contributed by atoms with Crippen LogP contribution in [0.2, 0.25) is 0 Å². The van der Waals surface area contributed by atoms with Gasteiger partial charge >= 0.3 is 0 Å². The summed E-state index contributed by atoms with van der Waals surface area (Å²) in [5, 5.41) is 2.82. The van der Waals surface area contributed by atoms with Crippen molar-refractivity contribution in [3.05, 3.63) is 18.2 Å². The number of ether oxygens (including phenoxy) is 1. The van der Waals surface area contributed by atoms with Crippen molar-refractivity contribution in [1.29, 1.82) is 0 Å². The Bertz CT molecular complexity index is 304. The van der Waals surface area contributed by atoms with Crippen molar-refractivity contribution in [2.45, 2.75) is 31.9 Å².